The second-order valence-corrected chi connectivity index (χ2v) is 11.4. The van der Waals surface area contributed by atoms with E-state index in [1.54, 1.807) is 12.1 Å². The minimum Gasteiger partial charge on any atom is -0.350 e. The molecule has 0 saturated carbocycles. The minimum absolute atomic E-state index is 0.0110. The van der Waals surface area contributed by atoms with Gasteiger partial charge < -0.3 is 19.7 Å². The zero-order valence-electron chi connectivity index (χ0n) is 22.2. The Morgan fingerprint density at radius 3 is 2.38 bits per heavy atom. The molecular weight excluding hydrogens is 467 g/mol. The van der Waals surface area contributed by atoms with Gasteiger partial charge in [-0.2, -0.15) is 0 Å². The number of likely N-dealkylation sites (tertiary alicyclic amines) is 2. The van der Waals surface area contributed by atoms with Gasteiger partial charge in [0.25, 0.3) is 5.91 Å². The van der Waals surface area contributed by atoms with Gasteiger partial charge >= 0.3 is 0 Å². The molecule has 0 aliphatic carbocycles. The van der Waals surface area contributed by atoms with Crippen molar-refractivity contribution in [3.8, 4) is 0 Å². The summed E-state index contributed by atoms with van der Waals surface area (Å²) in [5.74, 6) is -0.154. The highest BCUT2D eigenvalue weighted by molar-refractivity contribution is 6.08. The maximum Gasteiger partial charge on any atom is 0.254 e. The van der Waals surface area contributed by atoms with Crippen LogP contribution >= 0.6 is 0 Å². The fourth-order valence-electron chi connectivity index (χ4n) is 6.50. The van der Waals surface area contributed by atoms with Gasteiger partial charge in [-0.15, -0.1) is 0 Å². The van der Waals surface area contributed by atoms with Crippen molar-refractivity contribution >= 4 is 22.7 Å². The summed E-state index contributed by atoms with van der Waals surface area (Å²) in [5.41, 5.74) is 2.82. The molecule has 0 radical (unpaired) electrons. The van der Waals surface area contributed by atoms with Crippen LogP contribution in [0.5, 0.6) is 0 Å². The van der Waals surface area contributed by atoms with Crippen molar-refractivity contribution in [2.75, 3.05) is 33.2 Å². The van der Waals surface area contributed by atoms with E-state index in [-0.39, 0.29) is 29.0 Å². The van der Waals surface area contributed by atoms with Gasteiger partial charge in [0.1, 0.15) is 11.9 Å². The molecule has 7 heteroatoms. The predicted octanol–water partition coefficient (Wildman–Crippen LogP) is 4.41. The number of aromatic nitrogens is 1. The van der Waals surface area contributed by atoms with Gasteiger partial charge in [0.2, 0.25) is 5.91 Å². The molecule has 37 heavy (non-hydrogen) atoms. The summed E-state index contributed by atoms with van der Waals surface area (Å²) in [7, 11) is 4.06. The van der Waals surface area contributed by atoms with Gasteiger partial charge in [-0.1, -0.05) is 44.2 Å². The van der Waals surface area contributed by atoms with Gasteiger partial charge in [0.15, 0.2) is 0 Å². The van der Waals surface area contributed by atoms with Crippen LogP contribution in [0.3, 0.4) is 0 Å². The summed E-state index contributed by atoms with van der Waals surface area (Å²) in [5, 5.41) is 3.94. The van der Waals surface area contributed by atoms with Crippen LogP contribution in [0.15, 0.2) is 54.7 Å². The Kier molecular flexibility index (Phi) is 6.84. The Morgan fingerprint density at radius 1 is 1.03 bits per heavy atom. The molecule has 2 aliphatic rings. The number of halogens is 1. The van der Waals surface area contributed by atoms with Crippen molar-refractivity contribution in [3.05, 3.63) is 71.7 Å². The molecule has 1 N–H and O–H groups in total. The van der Waals surface area contributed by atoms with Crippen molar-refractivity contribution < 1.29 is 14.0 Å². The number of nitrogens with one attached hydrogen (secondary N) is 1. The van der Waals surface area contributed by atoms with Crippen LogP contribution in [0.4, 0.5) is 4.39 Å². The van der Waals surface area contributed by atoms with Crippen LogP contribution in [0, 0.1) is 17.2 Å². The summed E-state index contributed by atoms with van der Waals surface area (Å²) in [6, 6.07) is 14.1. The highest BCUT2D eigenvalue weighted by Gasteiger charge is 2.48. The molecule has 196 valence electrons. The number of likely N-dealkylation sites (N-methyl/N-ethyl adjacent to an activating group) is 1. The number of piperidine rings is 1. The van der Waals surface area contributed by atoms with E-state index < -0.39 is 6.04 Å². The van der Waals surface area contributed by atoms with Crippen molar-refractivity contribution in [1.82, 2.24) is 19.7 Å². The van der Waals surface area contributed by atoms with E-state index in [1.165, 1.54) is 5.56 Å². The molecule has 1 unspecified atom stereocenters. The lowest BCUT2D eigenvalue weighted by Gasteiger charge is -2.44. The van der Waals surface area contributed by atoms with Gasteiger partial charge in [0, 0.05) is 56.2 Å². The Bertz CT molecular complexity index is 1290. The lowest BCUT2D eigenvalue weighted by molar-refractivity contribution is -0.136. The van der Waals surface area contributed by atoms with Crippen LogP contribution in [-0.2, 0) is 11.8 Å². The molecule has 5 rings (SSSR count). The van der Waals surface area contributed by atoms with E-state index in [0.717, 1.165) is 36.8 Å². The number of carbonyl (C=O) groups is 2. The molecule has 1 aromatic heterocycles. The standard InChI is InChI=1S/C30H37FN4O2/c1-20(2)27(32-28(36)24-17-34(4)26-8-6-5-7-23(24)26)29(37)35-15-13-30(14-16-35)19-33(3)18-25(30)21-9-11-22(31)12-10-21/h5-12,17,20,25,27H,13-16,18-19H2,1-4H3,(H,32,36)/t25?,27-/m1/s1. The number of hydrogen-bond acceptors (Lipinski definition) is 3. The lowest BCUT2D eigenvalue weighted by Crippen LogP contribution is -2.54. The van der Waals surface area contributed by atoms with E-state index in [2.05, 4.69) is 17.3 Å². The summed E-state index contributed by atoms with van der Waals surface area (Å²) < 4.78 is 15.5. The lowest BCUT2D eigenvalue weighted by atomic mass is 9.68. The van der Waals surface area contributed by atoms with Crippen LogP contribution < -0.4 is 5.32 Å². The van der Waals surface area contributed by atoms with Crippen LogP contribution in [0.25, 0.3) is 10.9 Å². The van der Waals surface area contributed by atoms with E-state index >= 15 is 0 Å². The van der Waals surface area contributed by atoms with Crippen molar-refractivity contribution in [2.24, 2.45) is 18.4 Å². The topological polar surface area (TPSA) is 57.6 Å². The second-order valence-electron chi connectivity index (χ2n) is 11.4. The van der Waals surface area contributed by atoms with E-state index in [1.807, 2.05) is 73.0 Å². The molecule has 2 aliphatic heterocycles. The third-order valence-corrected chi connectivity index (χ3v) is 8.52. The number of fused-ring (bicyclic) bond motifs is 1. The summed E-state index contributed by atoms with van der Waals surface area (Å²) in [4.78, 5) is 31.3. The average Bonchev–Trinajstić information content (AvgIpc) is 3.39. The summed E-state index contributed by atoms with van der Waals surface area (Å²) >= 11 is 0. The highest BCUT2D eigenvalue weighted by Crippen LogP contribution is 2.49. The largest absolute Gasteiger partial charge is 0.350 e. The Hall–Kier alpha value is -3.19. The van der Waals surface area contributed by atoms with E-state index in [0.29, 0.717) is 24.6 Å². The molecule has 0 bridgehead atoms. The number of aryl methyl sites for hydroxylation is 1. The smallest absolute Gasteiger partial charge is 0.254 e. The average molecular weight is 505 g/mol. The van der Waals surface area contributed by atoms with Crippen molar-refractivity contribution in [3.63, 3.8) is 0 Å². The van der Waals surface area contributed by atoms with Gasteiger partial charge in [-0.3, -0.25) is 9.59 Å². The monoisotopic (exact) mass is 504 g/mol. The number of amides is 2. The first-order chi connectivity index (χ1) is 17.7. The molecule has 3 aromatic rings. The van der Waals surface area contributed by atoms with Gasteiger partial charge in [-0.25, -0.2) is 4.39 Å². The number of nitrogens with zero attached hydrogens (tertiary/aromatic N) is 3. The molecular formula is C30H37FN4O2. The SMILES string of the molecule is CC(C)[C@@H](NC(=O)c1cn(C)c2ccccc12)C(=O)N1CCC2(CC1)CN(C)CC2c1ccc(F)cc1. The number of para-hydroxylation sites is 1. The maximum absolute atomic E-state index is 13.7. The first-order valence-corrected chi connectivity index (χ1v) is 13.3. The van der Waals surface area contributed by atoms with Crippen LogP contribution in [-0.4, -0.2) is 65.4 Å². The third kappa shape index (κ3) is 4.77. The molecule has 2 atom stereocenters. The summed E-state index contributed by atoms with van der Waals surface area (Å²) in [6.07, 6.45) is 3.62. The maximum atomic E-state index is 13.7. The molecule has 2 fully saturated rings. The third-order valence-electron chi connectivity index (χ3n) is 8.52. The van der Waals surface area contributed by atoms with Gasteiger partial charge in [0.05, 0.1) is 5.56 Å². The predicted molar refractivity (Wildman–Crippen MR) is 144 cm³/mol. The Balaban J connectivity index is 1.29. The van der Waals surface area contributed by atoms with Crippen LogP contribution in [0.1, 0.15) is 48.5 Å². The Morgan fingerprint density at radius 2 is 1.70 bits per heavy atom. The zero-order chi connectivity index (χ0) is 26.3. The minimum atomic E-state index is -0.584. The number of hydrogen-bond donors (Lipinski definition) is 1. The number of benzene rings is 2. The number of rotatable bonds is 5. The van der Waals surface area contributed by atoms with E-state index in [4.69, 9.17) is 0 Å². The molecule has 2 amide bonds. The fraction of sp³-hybridized carbons (Fsp3) is 0.467. The molecule has 2 aromatic carbocycles. The first kappa shape index (κ1) is 25.5. The van der Waals surface area contributed by atoms with Crippen molar-refractivity contribution in [1.29, 1.82) is 0 Å². The van der Waals surface area contributed by atoms with Crippen LogP contribution in [0.2, 0.25) is 0 Å². The first-order valence-electron chi connectivity index (χ1n) is 13.3. The summed E-state index contributed by atoms with van der Waals surface area (Å²) in [6.45, 7) is 7.20. The fourth-order valence-corrected chi connectivity index (χ4v) is 6.50. The molecule has 6 nitrogen and oxygen atoms in total. The van der Waals surface area contributed by atoms with Crippen molar-refractivity contribution in [2.45, 2.75) is 38.6 Å². The quantitative estimate of drug-likeness (QED) is 0.560. The highest BCUT2D eigenvalue weighted by atomic mass is 19.1. The number of carbonyl (C=O) groups excluding carboxylic acids is 2. The zero-order valence-corrected chi connectivity index (χ0v) is 22.2. The normalized spacial score (nSPS) is 20.6. The second kappa shape index (κ2) is 9.93. The van der Waals surface area contributed by atoms with Gasteiger partial charge in [-0.05, 0) is 55.0 Å². The molecule has 1 spiro atoms. The molecule has 2 saturated heterocycles. The Labute approximate surface area is 218 Å². The van der Waals surface area contributed by atoms with E-state index in [9.17, 15) is 14.0 Å². The molecule has 3 heterocycles.